The fraction of sp³-hybridized carbons (Fsp3) is 0.133. The van der Waals surface area contributed by atoms with Crippen LogP contribution in [0.2, 0.25) is 5.02 Å². The summed E-state index contributed by atoms with van der Waals surface area (Å²) in [5.74, 6) is 0.799. The Morgan fingerprint density at radius 3 is 3.05 bits per heavy atom. The van der Waals surface area contributed by atoms with E-state index in [0.29, 0.717) is 0 Å². The monoisotopic (exact) mass is 270 g/mol. The molecular weight excluding hydrogens is 260 g/mol. The fourth-order valence-corrected chi connectivity index (χ4v) is 2.95. The lowest BCUT2D eigenvalue weighted by Crippen LogP contribution is -1.94. The molecule has 3 aromatic rings. The minimum absolute atomic E-state index is 0.774. The van der Waals surface area contributed by atoms with Crippen molar-refractivity contribution in [1.29, 1.82) is 0 Å². The zero-order valence-electron chi connectivity index (χ0n) is 10.4. The van der Waals surface area contributed by atoms with Crippen molar-refractivity contribution in [2.75, 3.05) is 7.11 Å². The first kappa shape index (κ1) is 10.9. The van der Waals surface area contributed by atoms with E-state index >= 15 is 0 Å². The Kier molecular flexibility index (Phi) is 2.15. The van der Waals surface area contributed by atoms with E-state index in [0.717, 1.165) is 28.5 Å². The predicted molar refractivity (Wildman–Crippen MR) is 75.0 cm³/mol. The van der Waals surface area contributed by atoms with Crippen molar-refractivity contribution in [2.24, 2.45) is 0 Å². The van der Waals surface area contributed by atoms with Crippen LogP contribution in [0.4, 0.5) is 0 Å². The van der Waals surface area contributed by atoms with E-state index in [1.807, 2.05) is 36.5 Å². The Morgan fingerprint density at radius 1 is 1.32 bits per heavy atom. The lowest BCUT2D eigenvalue weighted by molar-refractivity contribution is 0.417. The topological polar surface area (TPSA) is 26.5 Å². The van der Waals surface area contributed by atoms with Crippen LogP contribution < -0.4 is 4.74 Å². The van der Waals surface area contributed by atoms with Crippen LogP contribution in [0.5, 0.6) is 5.75 Å². The second-order valence-electron chi connectivity index (χ2n) is 4.66. The average molecular weight is 271 g/mol. The number of aromatic nitrogens is 2. The summed E-state index contributed by atoms with van der Waals surface area (Å²) in [4.78, 5) is 4.73. The second kappa shape index (κ2) is 3.75. The van der Waals surface area contributed by atoms with Gasteiger partial charge in [0.05, 0.1) is 18.5 Å². The Bertz CT molecular complexity index is 807. The van der Waals surface area contributed by atoms with Crippen molar-refractivity contribution in [3.05, 3.63) is 52.8 Å². The van der Waals surface area contributed by atoms with Gasteiger partial charge in [-0.05, 0) is 29.8 Å². The van der Waals surface area contributed by atoms with Crippen LogP contribution >= 0.6 is 11.6 Å². The van der Waals surface area contributed by atoms with Gasteiger partial charge in [-0.25, -0.2) is 4.98 Å². The molecule has 0 amide bonds. The van der Waals surface area contributed by atoms with E-state index in [4.69, 9.17) is 21.3 Å². The normalized spacial score (nSPS) is 12.5. The molecule has 0 radical (unpaired) electrons. The summed E-state index contributed by atoms with van der Waals surface area (Å²) in [5, 5.41) is 0.774. The van der Waals surface area contributed by atoms with Gasteiger partial charge in [-0.3, -0.25) is 4.40 Å². The summed E-state index contributed by atoms with van der Waals surface area (Å²) in [6.07, 6.45) is 2.89. The van der Waals surface area contributed by atoms with Crippen molar-refractivity contribution in [2.45, 2.75) is 6.42 Å². The van der Waals surface area contributed by atoms with Crippen molar-refractivity contribution in [1.82, 2.24) is 9.38 Å². The number of methoxy groups -OCH3 is 1. The number of halogens is 1. The van der Waals surface area contributed by atoms with E-state index in [1.165, 1.54) is 16.8 Å². The molecule has 1 aromatic carbocycles. The molecule has 4 rings (SSSR count). The van der Waals surface area contributed by atoms with Gasteiger partial charge in [0.1, 0.15) is 0 Å². The number of imidazole rings is 1. The molecule has 3 nitrogen and oxygen atoms in total. The highest BCUT2D eigenvalue weighted by molar-refractivity contribution is 6.30. The zero-order chi connectivity index (χ0) is 13.0. The molecule has 1 aliphatic carbocycles. The van der Waals surface area contributed by atoms with Gasteiger partial charge < -0.3 is 4.74 Å². The minimum atomic E-state index is 0.774. The molecule has 0 bridgehead atoms. The van der Waals surface area contributed by atoms with Crippen LogP contribution in [-0.4, -0.2) is 16.5 Å². The van der Waals surface area contributed by atoms with Crippen LogP contribution in [0, 0.1) is 0 Å². The summed E-state index contributed by atoms with van der Waals surface area (Å²) in [5.41, 5.74) is 5.52. The first-order valence-electron chi connectivity index (χ1n) is 6.10. The van der Waals surface area contributed by atoms with Gasteiger partial charge >= 0.3 is 0 Å². The highest BCUT2D eigenvalue weighted by atomic mass is 35.5. The highest BCUT2D eigenvalue weighted by Gasteiger charge is 2.25. The molecule has 1 aliphatic rings. The zero-order valence-corrected chi connectivity index (χ0v) is 11.1. The number of fused-ring (bicyclic) bond motifs is 5. The summed E-state index contributed by atoms with van der Waals surface area (Å²) < 4.78 is 7.47. The third kappa shape index (κ3) is 1.42. The van der Waals surface area contributed by atoms with E-state index in [1.54, 1.807) is 7.11 Å². The van der Waals surface area contributed by atoms with Crippen molar-refractivity contribution < 1.29 is 4.74 Å². The second-order valence-corrected chi connectivity index (χ2v) is 5.09. The van der Waals surface area contributed by atoms with Crippen LogP contribution in [0.3, 0.4) is 0 Å². The number of ether oxygens (including phenoxy) is 1. The van der Waals surface area contributed by atoms with Gasteiger partial charge in [0, 0.05) is 23.2 Å². The quantitative estimate of drug-likeness (QED) is 0.529. The molecule has 2 heterocycles. The van der Waals surface area contributed by atoms with E-state index in [9.17, 15) is 0 Å². The minimum Gasteiger partial charge on any atom is -0.493 e. The molecule has 4 heteroatoms. The Labute approximate surface area is 115 Å². The van der Waals surface area contributed by atoms with E-state index < -0.39 is 0 Å². The van der Waals surface area contributed by atoms with E-state index in [-0.39, 0.29) is 0 Å². The molecule has 0 fully saturated rings. The lowest BCUT2D eigenvalue weighted by Gasteiger charge is -2.04. The number of benzene rings is 1. The summed E-state index contributed by atoms with van der Waals surface area (Å²) in [7, 11) is 1.67. The fourth-order valence-electron chi connectivity index (χ4n) is 2.76. The Balaban J connectivity index is 2.03. The largest absolute Gasteiger partial charge is 0.493 e. The maximum Gasteiger partial charge on any atom is 0.180 e. The highest BCUT2D eigenvalue weighted by Crippen LogP contribution is 2.39. The van der Waals surface area contributed by atoms with Crippen LogP contribution in [0.1, 0.15) is 11.3 Å². The lowest BCUT2D eigenvalue weighted by atomic mass is 10.1. The molecule has 0 saturated heterocycles. The van der Waals surface area contributed by atoms with Crippen LogP contribution in [0.15, 0.2) is 36.5 Å². The maximum absolute atomic E-state index is 6.05. The number of nitrogens with zero attached hydrogens (tertiary/aromatic N) is 2. The third-order valence-corrected chi connectivity index (χ3v) is 3.85. The molecule has 0 unspecified atom stereocenters. The Hall–Kier alpha value is -2.00. The third-order valence-electron chi connectivity index (χ3n) is 3.61. The molecule has 0 N–H and O–H groups in total. The number of hydrogen-bond donors (Lipinski definition) is 0. The van der Waals surface area contributed by atoms with Gasteiger partial charge in [-0.2, -0.15) is 0 Å². The first-order valence-corrected chi connectivity index (χ1v) is 6.48. The van der Waals surface area contributed by atoms with Crippen molar-refractivity contribution >= 4 is 17.2 Å². The number of pyridine rings is 1. The number of rotatable bonds is 1. The summed E-state index contributed by atoms with van der Waals surface area (Å²) in [6, 6.07) is 9.88. The van der Waals surface area contributed by atoms with Gasteiger partial charge in [-0.15, -0.1) is 0 Å². The van der Waals surface area contributed by atoms with Gasteiger partial charge in [-0.1, -0.05) is 17.7 Å². The standard InChI is InChI=1S/C15H11ClN2O/c1-19-13-3-2-6-18-12-8-9-7-10(16)4-5-11(9)14(12)17-15(13)18/h2-7H,8H2,1H3. The molecule has 19 heavy (non-hydrogen) atoms. The summed E-state index contributed by atoms with van der Waals surface area (Å²) >= 11 is 6.05. The SMILES string of the molecule is COc1cccn2c3c(nc12)-c1ccc(Cl)cc1C3. The van der Waals surface area contributed by atoms with E-state index in [2.05, 4.69) is 4.40 Å². The molecular formula is C15H11ClN2O. The van der Waals surface area contributed by atoms with Crippen LogP contribution in [0.25, 0.3) is 16.9 Å². The Morgan fingerprint density at radius 2 is 2.21 bits per heavy atom. The summed E-state index contributed by atoms with van der Waals surface area (Å²) in [6.45, 7) is 0. The number of hydrogen-bond acceptors (Lipinski definition) is 2. The molecule has 0 aliphatic heterocycles. The molecule has 2 aromatic heterocycles. The smallest absolute Gasteiger partial charge is 0.180 e. The molecule has 0 spiro atoms. The van der Waals surface area contributed by atoms with Crippen molar-refractivity contribution in [3.8, 4) is 17.0 Å². The first-order chi connectivity index (χ1) is 9.28. The molecule has 0 atom stereocenters. The molecule has 94 valence electrons. The van der Waals surface area contributed by atoms with Gasteiger partial charge in [0.2, 0.25) is 0 Å². The maximum atomic E-state index is 6.05. The van der Waals surface area contributed by atoms with Gasteiger partial charge in [0.15, 0.2) is 11.4 Å². The van der Waals surface area contributed by atoms with Crippen LogP contribution in [-0.2, 0) is 6.42 Å². The predicted octanol–water partition coefficient (Wildman–Crippen LogP) is 3.57. The van der Waals surface area contributed by atoms with Gasteiger partial charge in [0.25, 0.3) is 0 Å². The molecule has 0 saturated carbocycles. The van der Waals surface area contributed by atoms with Crippen molar-refractivity contribution in [3.63, 3.8) is 0 Å². The average Bonchev–Trinajstić information content (AvgIpc) is 2.93.